The predicted octanol–water partition coefficient (Wildman–Crippen LogP) is 1.04. The molecule has 0 bridgehead atoms. The van der Waals surface area contributed by atoms with Crippen molar-refractivity contribution < 1.29 is 0 Å². The summed E-state index contributed by atoms with van der Waals surface area (Å²) in [5, 5.41) is 8.32. The average Bonchev–Trinajstić information content (AvgIpc) is 2.25. The first-order chi connectivity index (χ1) is 7.77. The van der Waals surface area contributed by atoms with Crippen molar-refractivity contribution in [3.05, 3.63) is 30.1 Å². The zero-order chi connectivity index (χ0) is 11.4. The second kappa shape index (κ2) is 5.23. The van der Waals surface area contributed by atoms with Crippen molar-refractivity contribution in [2.24, 2.45) is 10.2 Å². The molecule has 16 heavy (non-hydrogen) atoms. The molecule has 0 amide bonds. The van der Waals surface area contributed by atoms with Gasteiger partial charge in [0.25, 0.3) is 0 Å². The number of pyridine rings is 1. The first-order valence-corrected chi connectivity index (χ1v) is 6.08. The summed E-state index contributed by atoms with van der Waals surface area (Å²) in [6.45, 7) is 4.06. The average molecular weight is 280 g/mol. The van der Waals surface area contributed by atoms with Gasteiger partial charge in [0.2, 0.25) is 0 Å². The van der Waals surface area contributed by atoms with Crippen molar-refractivity contribution in [1.82, 2.24) is 9.88 Å². The summed E-state index contributed by atoms with van der Waals surface area (Å²) < 4.78 is 0.863. The van der Waals surface area contributed by atoms with E-state index in [0.717, 1.165) is 29.2 Å². The molecule has 0 aromatic carbocycles. The molecule has 0 spiro atoms. The van der Waals surface area contributed by atoms with Gasteiger partial charge in [0.05, 0.1) is 0 Å². The SMILES string of the molecule is CC(=N/N=C(\[Se])N1CCC1)c1ccccn1. The van der Waals surface area contributed by atoms with Crippen LogP contribution >= 0.6 is 0 Å². The van der Waals surface area contributed by atoms with Gasteiger partial charge in [-0.1, -0.05) is 0 Å². The monoisotopic (exact) mass is 281 g/mol. The van der Waals surface area contributed by atoms with Crippen molar-refractivity contribution in [2.45, 2.75) is 13.3 Å². The minimum atomic E-state index is 0.828. The first-order valence-electron chi connectivity index (χ1n) is 5.23. The molecule has 1 aromatic rings. The molecule has 1 radical (unpaired) electrons. The van der Waals surface area contributed by atoms with Gasteiger partial charge < -0.3 is 0 Å². The summed E-state index contributed by atoms with van der Waals surface area (Å²) in [4.78, 5) is 6.37. The number of nitrogens with zero attached hydrogens (tertiary/aromatic N) is 4. The van der Waals surface area contributed by atoms with Crippen molar-refractivity contribution in [1.29, 1.82) is 0 Å². The van der Waals surface area contributed by atoms with Gasteiger partial charge in [-0.3, -0.25) is 0 Å². The predicted molar refractivity (Wildman–Crippen MR) is 65.8 cm³/mol. The van der Waals surface area contributed by atoms with Gasteiger partial charge in [-0.25, -0.2) is 0 Å². The zero-order valence-electron chi connectivity index (χ0n) is 9.13. The van der Waals surface area contributed by atoms with Crippen LogP contribution < -0.4 is 0 Å². The van der Waals surface area contributed by atoms with Gasteiger partial charge in [-0.15, -0.1) is 0 Å². The number of likely N-dealkylation sites (tertiary alicyclic amines) is 1. The Morgan fingerprint density at radius 3 is 2.75 bits per heavy atom. The van der Waals surface area contributed by atoms with Gasteiger partial charge >= 0.3 is 103 Å². The molecule has 83 valence electrons. The van der Waals surface area contributed by atoms with Crippen LogP contribution in [0, 0.1) is 0 Å². The van der Waals surface area contributed by atoms with Crippen LogP contribution in [0.15, 0.2) is 34.6 Å². The van der Waals surface area contributed by atoms with Crippen LogP contribution in [-0.4, -0.2) is 49.4 Å². The van der Waals surface area contributed by atoms with E-state index in [0.29, 0.717) is 0 Å². The van der Waals surface area contributed by atoms with Crippen LogP contribution in [0.4, 0.5) is 0 Å². The Hall–Kier alpha value is -1.19. The molecule has 1 fully saturated rings. The van der Waals surface area contributed by atoms with Crippen LogP contribution in [0.3, 0.4) is 0 Å². The summed E-state index contributed by atoms with van der Waals surface area (Å²) in [6.07, 6.45) is 3.00. The standard InChI is InChI=1S/C11H13N4Se/c1-9(10-5-2-3-6-12-10)13-14-11(16)15-7-4-8-15/h2-3,5-6H,4,7-8H2,1H3/b13-9?,14-11-. The summed E-state index contributed by atoms with van der Waals surface area (Å²) >= 11 is 2.93. The molecule has 1 aliphatic heterocycles. The van der Waals surface area contributed by atoms with Crippen LogP contribution in [0.25, 0.3) is 0 Å². The normalized spacial score (nSPS) is 17.2. The van der Waals surface area contributed by atoms with Gasteiger partial charge in [0, 0.05) is 0 Å². The quantitative estimate of drug-likeness (QED) is 0.351. The van der Waals surface area contributed by atoms with Crippen LogP contribution in [0.5, 0.6) is 0 Å². The van der Waals surface area contributed by atoms with Gasteiger partial charge in [-0.2, -0.15) is 0 Å². The molecule has 1 aromatic heterocycles. The Kier molecular flexibility index (Phi) is 3.70. The third-order valence-electron chi connectivity index (χ3n) is 2.45. The molecule has 1 saturated heterocycles. The zero-order valence-corrected chi connectivity index (χ0v) is 10.8. The number of hydrogen-bond acceptors (Lipinski definition) is 3. The van der Waals surface area contributed by atoms with E-state index in [-0.39, 0.29) is 0 Å². The van der Waals surface area contributed by atoms with Crippen LogP contribution in [0.2, 0.25) is 0 Å². The van der Waals surface area contributed by atoms with Crippen molar-refractivity contribution >= 4 is 26.5 Å². The summed E-state index contributed by atoms with van der Waals surface area (Å²) in [5.74, 6) is 0. The molecule has 0 atom stereocenters. The van der Waals surface area contributed by atoms with E-state index < -0.39 is 0 Å². The third kappa shape index (κ3) is 2.68. The molecular formula is C11H13N4Se. The maximum absolute atomic E-state index is 4.21. The fourth-order valence-corrected chi connectivity index (χ4v) is 1.79. The second-order valence-corrected chi connectivity index (χ2v) is 4.39. The topological polar surface area (TPSA) is 40.9 Å². The summed E-state index contributed by atoms with van der Waals surface area (Å²) in [5.41, 5.74) is 1.69. The Bertz CT molecular complexity index is 409. The third-order valence-corrected chi connectivity index (χ3v) is 3.16. The molecule has 0 aliphatic carbocycles. The molecule has 1 aliphatic rings. The van der Waals surface area contributed by atoms with E-state index in [4.69, 9.17) is 0 Å². The molecule has 0 saturated carbocycles. The molecule has 5 heteroatoms. The summed E-state index contributed by atoms with van der Waals surface area (Å²) in [7, 11) is 0. The van der Waals surface area contributed by atoms with E-state index in [1.54, 1.807) is 6.20 Å². The van der Waals surface area contributed by atoms with E-state index in [1.807, 2.05) is 25.1 Å². The Morgan fingerprint density at radius 2 is 2.19 bits per heavy atom. The fraction of sp³-hybridized carbons (Fsp3) is 0.364. The number of hydrogen-bond donors (Lipinski definition) is 0. The van der Waals surface area contributed by atoms with E-state index in [1.165, 1.54) is 6.42 Å². The molecular weight excluding hydrogens is 267 g/mol. The summed E-state index contributed by atoms with van der Waals surface area (Å²) in [6, 6.07) is 5.76. The Morgan fingerprint density at radius 1 is 1.38 bits per heavy atom. The van der Waals surface area contributed by atoms with Crippen LogP contribution in [-0.2, 0) is 0 Å². The number of amidine groups is 1. The first kappa shape index (κ1) is 11.3. The van der Waals surface area contributed by atoms with Crippen molar-refractivity contribution in [3.63, 3.8) is 0 Å². The minimum absolute atomic E-state index is 0.828. The molecule has 4 nitrogen and oxygen atoms in total. The Labute approximate surface area is 103 Å². The van der Waals surface area contributed by atoms with Gasteiger partial charge in [0.1, 0.15) is 0 Å². The van der Waals surface area contributed by atoms with E-state index in [2.05, 4.69) is 36.1 Å². The van der Waals surface area contributed by atoms with E-state index >= 15 is 0 Å². The fourth-order valence-electron chi connectivity index (χ4n) is 1.32. The second-order valence-electron chi connectivity index (χ2n) is 3.62. The number of aromatic nitrogens is 1. The van der Waals surface area contributed by atoms with Crippen LogP contribution in [0.1, 0.15) is 19.0 Å². The van der Waals surface area contributed by atoms with Gasteiger partial charge in [-0.05, 0) is 0 Å². The Balaban J connectivity index is 2.06. The molecule has 2 heterocycles. The van der Waals surface area contributed by atoms with Crippen molar-refractivity contribution in [3.8, 4) is 0 Å². The van der Waals surface area contributed by atoms with Gasteiger partial charge in [0.15, 0.2) is 0 Å². The van der Waals surface area contributed by atoms with Crippen molar-refractivity contribution in [2.75, 3.05) is 13.1 Å². The molecule has 2 rings (SSSR count). The molecule has 0 N–H and O–H groups in total. The van der Waals surface area contributed by atoms with E-state index in [9.17, 15) is 0 Å². The molecule has 0 unspecified atom stereocenters. The maximum atomic E-state index is 4.21. The number of rotatable bonds is 2.